The van der Waals surface area contributed by atoms with E-state index in [2.05, 4.69) is 10.3 Å². The van der Waals surface area contributed by atoms with Crippen molar-refractivity contribution in [2.75, 3.05) is 25.4 Å². The summed E-state index contributed by atoms with van der Waals surface area (Å²) in [5.74, 6) is 1.31. The summed E-state index contributed by atoms with van der Waals surface area (Å²) in [6.07, 6.45) is 0.988. The molecule has 0 saturated heterocycles. The molecular weight excluding hydrogens is 266 g/mol. The van der Waals surface area contributed by atoms with E-state index in [1.165, 1.54) is 5.56 Å². The van der Waals surface area contributed by atoms with E-state index in [4.69, 9.17) is 10.5 Å². The smallest absolute Gasteiger partial charge is 0.123 e. The number of hydrogen-bond donors (Lipinski definition) is 3. The van der Waals surface area contributed by atoms with Gasteiger partial charge in [-0.15, -0.1) is 0 Å². The highest BCUT2D eigenvalue weighted by Gasteiger charge is 2.06. The molecule has 0 bridgehead atoms. The average molecular weight is 287 g/mol. The van der Waals surface area contributed by atoms with Crippen LogP contribution in [0.15, 0.2) is 42.6 Å². The summed E-state index contributed by atoms with van der Waals surface area (Å²) >= 11 is 0. The standard InChI is InChI=1S/C16H21N3O2/c1-12-3-2-4-14(9-12)21-8-7-18-11-15(20)13-5-6-16(17)19-10-13/h2-6,9-10,15,18,20H,7-8,11H2,1H3,(H2,17,19)/t15-/m0/s1. The molecule has 1 atom stereocenters. The minimum atomic E-state index is -0.600. The van der Waals surface area contributed by atoms with Gasteiger partial charge < -0.3 is 20.9 Å². The fourth-order valence-corrected chi connectivity index (χ4v) is 1.92. The maximum atomic E-state index is 9.98. The number of rotatable bonds is 7. The molecule has 0 saturated carbocycles. The van der Waals surface area contributed by atoms with Crippen molar-refractivity contribution in [2.24, 2.45) is 0 Å². The molecule has 0 fully saturated rings. The predicted octanol–water partition coefficient (Wildman–Crippen LogP) is 1.67. The summed E-state index contributed by atoms with van der Waals surface area (Å²) in [6, 6.07) is 11.4. The fourth-order valence-electron chi connectivity index (χ4n) is 1.92. The van der Waals surface area contributed by atoms with Gasteiger partial charge in [0.25, 0.3) is 0 Å². The molecule has 112 valence electrons. The number of hydrogen-bond acceptors (Lipinski definition) is 5. The summed E-state index contributed by atoms with van der Waals surface area (Å²) in [4.78, 5) is 3.96. The van der Waals surface area contributed by atoms with E-state index in [9.17, 15) is 5.11 Å². The molecule has 0 aliphatic carbocycles. The summed E-state index contributed by atoms with van der Waals surface area (Å²) in [6.45, 7) is 3.69. The highest BCUT2D eigenvalue weighted by Crippen LogP contribution is 2.12. The van der Waals surface area contributed by atoms with Crippen LogP contribution in [-0.2, 0) is 0 Å². The zero-order valence-electron chi connectivity index (χ0n) is 12.1. The molecule has 0 aliphatic heterocycles. The first kappa shape index (κ1) is 15.3. The first-order chi connectivity index (χ1) is 10.1. The van der Waals surface area contributed by atoms with Crippen molar-refractivity contribution in [2.45, 2.75) is 13.0 Å². The summed E-state index contributed by atoms with van der Waals surface area (Å²) in [5.41, 5.74) is 7.43. The van der Waals surface area contributed by atoms with Crippen molar-refractivity contribution in [1.29, 1.82) is 0 Å². The number of ether oxygens (including phenoxy) is 1. The fraction of sp³-hybridized carbons (Fsp3) is 0.312. The maximum absolute atomic E-state index is 9.98. The Morgan fingerprint density at radius 2 is 2.19 bits per heavy atom. The van der Waals surface area contributed by atoms with Crippen LogP contribution in [0.5, 0.6) is 5.75 Å². The monoisotopic (exact) mass is 287 g/mol. The number of nitrogens with one attached hydrogen (secondary N) is 1. The first-order valence-corrected chi connectivity index (χ1v) is 6.95. The van der Waals surface area contributed by atoms with Crippen molar-refractivity contribution in [3.63, 3.8) is 0 Å². The molecule has 1 heterocycles. The van der Waals surface area contributed by atoms with Crippen molar-refractivity contribution in [3.8, 4) is 5.75 Å². The van der Waals surface area contributed by atoms with E-state index in [-0.39, 0.29) is 0 Å². The van der Waals surface area contributed by atoms with Crippen LogP contribution < -0.4 is 15.8 Å². The Morgan fingerprint density at radius 3 is 2.90 bits per heavy atom. The van der Waals surface area contributed by atoms with E-state index in [0.717, 1.165) is 11.3 Å². The minimum absolute atomic E-state index is 0.447. The number of aromatic nitrogens is 1. The van der Waals surface area contributed by atoms with Crippen LogP contribution in [0, 0.1) is 6.92 Å². The van der Waals surface area contributed by atoms with Gasteiger partial charge in [-0.05, 0) is 30.7 Å². The molecule has 0 radical (unpaired) electrons. The number of aryl methyl sites for hydroxylation is 1. The van der Waals surface area contributed by atoms with Crippen LogP contribution in [0.25, 0.3) is 0 Å². The van der Waals surface area contributed by atoms with Gasteiger partial charge in [0, 0.05) is 24.8 Å². The second-order valence-electron chi connectivity index (χ2n) is 4.90. The lowest BCUT2D eigenvalue weighted by atomic mass is 10.1. The Kier molecular flexibility index (Phi) is 5.54. The average Bonchev–Trinajstić information content (AvgIpc) is 2.47. The molecule has 0 spiro atoms. The Bertz CT molecular complexity index is 558. The summed E-state index contributed by atoms with van der Waals surface area (Å²) in [7, 11) is 0. The highest BCUT2D eigenvalue weighted by molar-refractivity contribution is 5.30. The van der Waals surface area contributed by atoms with Gasteiger partial charge in [-0.2, -0.15) is 0 Å². The highest BCUT2D eigenvalue weighted by atomic mass is 16.5. The Morgan fingerprint density at radius 1 is 1.33 bits per heavy atom. The third-order valence-electron chi connectivity index (χ3n) is 3.07. The van der Waals surface area contributed by atoms with Crippen molar-refractivity contribution in [3.05, 3.63) is 53.7 Å². The molecule has 4 N–H and O–H groups in total. The molecule has 0 aliphatic rings. The van der Waals surface area contributed by atoms with Crippen molar-refractivity contribution >= 4 is 5.82 Å². The zero-order chi connectivity index (χ0) is 15.1. The van der Waals surface area contributed by atoms with E-state index in [0.29, 0.717) is 25.5 Å². The maximum Gasteiger partial charge on any atom is 0.123 e. The molecule has 2 rings (SSSR count). The van der Waals surface area contributed by atoms with Gasteiger partial charge in [0.15, 0.2) is 0 Å². The van der Waals surface area contributed by atoms with E-state index < -0.39 is 6.10 Å². The number of nitrogen functional groups attached to an aromatic ring is 1. The topological polar surface area (TPSA) is 80.4 Å². The van der Waals surface area contributed by atoms with Crippen LogP contribution in [-0.4, -0.2) is 29.8 Å². The van der Waals surface area contributed by atoms with E-state index in [1.807, 2.05) is 31.2 Å². The molecule has 0 amide bonds. The van der Waals surface area contributed by atoms with Crippen LogP contribution in [0.4, 0.5) is 5.82 Å². The van der Waals surface area contributed by atoms with Gasteiger partial charge in [-0.1, -0.05) is 18.2 Å². The second-order valence-corrected chi connectivity index (χ2v) is 4.90. The van der Waals surface area contributed by atoms with Gasteiger partial charge in [0.1, 0.15) is 18.2 Å². The number of pyridine rings is 1. The number of aliphatic hydroxyl groups is 1. The lowest BCUT2D eigenvalue weighted by molar-refractivity contribution is 0.171. The van der Waals surface area contributed by atoms with Crippen molar-refractivity contribution < 1.29 is 9.84 Å². The Labute approximate surface area is 124 Å². The van der Waals surface area contributed by atoms with Gasteiger partial charge in [-0.3, -0.25) is 0 Å². The molecule has 0 unspecified atom stereocenters. The molecular formula is C16H21N3O2. The first-order valence-electron chi connectivity index (χ1n) is 6.95. The summed E-state index contributed by atoms with van der Waals surface area (Å²) < 4.78 is 5.62. The second kappa shape index (κ2) is 7.61. The number of nitrogens with zero attached hydrogens (tertiary/aromatic N) is 1. The number of aliphatic hydroxyl groups excluding tert-OH is 1. The van der Waals surface area contributed by atoms with Crippen LogP contribution in [0.2, 0.25) is 0 Å². The quantitative estimate of drug-likeness (QED) is 0.675. The lowest BCUT2D eigenvalue weighted by Gasteiger charge is -2.12. The summed E-state index contributed by atoms with van der Waals surface area (Å²) in [5, 5.41) is 13.1. The number of nitrogens with two attached hydrogens (primary N) is 1. The van der Waals surface area contributed by atoms with Gasteiger partial charge >= 0.3 is 0 Å². The molecule has 21 heavy (non-hydrogen) atoms. The van der Waals surface area contributed by atoms with Gasteiger partial charge in [0.05, 0.1) is 6.10 Å². The number of anilines is 1. The molecule has 1 aromatic heterocycles. The van der Waals surface area contributed by atoms with E-state index in [1.54, 1.807) is 18.3 Å². The third-order valence-corrected chi connectivity index (χ3v) is 3.07. The Balaban J connectivity index is 1.66. The largest absolute Gasteiger partial charge is 0.492 e. The Hall–Kier alpha value is -2.11. The van der Waals surface area contributed by atoms with Crippen LogP contribution >= 0.6 is 0 Å². The SMILES string of the molecule is Cc1cccc(OCCNC[C@H](O)c2ccc(N)nc2)c1. The normalized spacial score (nSPS) is 12.1. The number of benzene rings is 1. The zero-order valence-corrected chi connectivity index (χ0v) is 12.1. The molecule has 2 aromatic rings. The van der Waals surface area contributed by atoms with E-state index >= 15 is 0 Å². The van der Waals surface area contributed by atoms with Crippen LogP contribution in [0.1, 0.15) is 17.2 Å². The van der Waals surface area contributed by atoms with Gasteiger partial charge in [0.2, 0.25) is 0 Å². The molecule has 5 nitrogen and oxygen atoms in total. The lowest BCUT2D eigenvalue weighted by Crippen LogP contribution is -2.26. The molecule has 5 heteroatoms. The van der Waals surface area contributed by atoms with Crippen molar-refractivity contribution in [1.82, 2.24) is 10.3 Å². The predicted molar refractivity (Wildman–Crippen MR) is 83.2 cm³/mol. The van der Waals surface area contributed by atoms with Gasteiger partial charge in [-0.25, -0.2) is 4.98 Å². The minimum Gasteiger partial charge on any atom is -0.492 e. The van der Waals surface area contributed by atoms with Crippen LogP contribution in [0.3, 0.4) is 0 Å². The molecule has 1 aromatic carbocycles. The third kappa shape index (κ3) is 5.06.